The molecule has 1 aromatic carbocycles. The molecule has 1 unspecified atom stereocenters. The second kappa shape index (κ2) is 50.7. The molecular weight excluding hydrogens is 1120 g/mol. The van der Waals surface area contributed by atoms with Crippen LogP contribution in [0.25, 0.3) is 0 Å². The van der Waals surface area contributed by atoms with Crippen molar-refractivity contribution in [2.45, 2.75) is 198 Å². The number of nitrogens with zero attached hydrogens (tertiary/aromatic N) is 2. The highest BCUT2D eigenvalue weighted by molar-refractivity contribution is 8.04. The molecule has 0 saturated carbocycles. The molecule has 13 fully saturated rings. The minimum absolute atomic E-state index is 0.214. The van der Waals surface area contributed by atoms with E-state index in [0.717, 1.165) is 127 Å². The van der Waals surface area contributed by atoms with Crippen LogP contribution in [0, 0.1) is 0 Å². The van der Waals surface area contributed by atoms with E-state index in [2.05, 4.69) is 74.5 Å². The van der Waals surface area contributed by atoms with Gasteiger partial charge in [-0.15, -0.1) is 11.8 Å². The smallest absolute Gasteiger partial charge is 0.219 e. The molecular formula is C66H122N12O6S2. The van der Waals surface area contributed by atoms with Gasteiger partial charge in [0.15, 0.2) is 11.5 Å². The quantitative estimate of drug-likeness (QED) is 0.111. The summed E-state index contributed by atoms with van der Waals surface area (Å²) in [5.74, 6) is 6.29. The van der Waals surface area contributed by atoms with Crippen LogP contribution in [0.2, 0.25) is 0 Å². The number of carbonyl (C=O) groups is 1. The van der Waals surface area contributed by atoms with E-state index >= 15 is 0 Å². The number of hydrogen-bond acceptors (Lipinski definition) is 17. The molecule has 4 bridgehead atoms. The normalized spacial score (nSPS) is 28.0. The third kappa shape index (κ3) is 38.6. The van der Waals surface area contributed by atoms with Crippen molar-refractivity contribution < 1.29 is 28.0 Å². The fourth-order valence-electron chi connectivity index (χ4n) is 11.6. The number of benzene rings is 1. The molecule has 494 valence electrons. The highest BCUT2D eigenvalue weighted by Gasteiger charge is 2.31. The summed E-state index contributed by atoms with van der Waals surface area (Å²) >= 11 is 1.67. The Kier molecular flexibility index (Phi) is 43.5. The van der Waals surface area contributed by atoms with Gasteiger partial charge in [-0.2, -0.15) is 0 Å². The van der Waals surface area contributed by atoms with E-state index < -0.39 is 9.71 Å². The number of thioether (sulfide) groups is 1. The first-order valence-corrected chi connectivity index (χ1v) is 37.1. The third-order valence-corrected chi connectivity index (χ3v) is 19.0. The number of hydrazine groups is 1. The summed E-state index contributed by atoms with van der Waals surface area (Å²) in [6.07, 6.45) is 44.9. The molecule has 13 saturated heterocycles. The molecule has 0 radical (unpaired) electrons. The maximum atomic E-state index is 11.2. The van der Waals surface area contributed by atoms with Crippen molar-refractivity contribution in [1.29, 1.82) is 0 Å². The fraction of sp³-hybridized carbons (Fsp3) is 0.788. The number of rotatable bonds is 0. The van der Waals surface area contributed by atoms with Gasteiger partial charge in [-0.3, -0.25) is 24.8 Å². The molecule has 17 rings (SSSR count). The van der Waals surface area contributed by atoms with Crippen LogP contribution in [0.15, 0.2) is 59.8 Å². The fourth-order valence-corrected chi connectivity index (χ4v) is 13.3. The molecule has 18 nitrogen and oxygen atoms in total. The average molecular weight is 1240 g/mol. The van der Waals surface area contributed by atoms with Crippen LogP contribution in [0.3, 0.4) is 0 Å². The number of para-hydroxylation sites is 2. The van der Waals surface area contributed by atoms with E-state index in [1.165, 1.54) is 194 Å². The summed E-state index contributed by atoms with van der Waals surface area (Å²) in [5.41, 5.74) is 5.94. The SMILES string of the molecule is C1=CNCCC1.C1=CSC=CN1.C1CC2CCC1O2.C1CCN2CCCCC2C1.C1CCNCC1.C1CCNCC1.C1CN2CCC1NC2.C1CNNC1.C1COCCN1.C=S1(=O)CCCCCN1.O=C1CCCCN1.c1ccc2c(c1)OCCO2. The van der Waals surface area contributed by atoms with Crippen LogP contribution in [0.5, 0.6) is 11.5 Å². The maximum Gasteiger partial charge on any atom is 0.219 e. The lowest BCUT2D eigenvalue weighted by Crippen LogP contribution is -2.54. The molecule has 16 aliphatic rings. The van der Waals surface area contributed by atoms with Gasteiger partial charge in [0.2, 0.25) is 5.91 Å². The maximum absolute atomic E-state index is 11.2. The molecule has 20 heteroatoms. The van der Waals surface area contributed by atoms with Crippen molar-refractivity contribution in [3.8, 4) is 11.5 Å². The molecule has 16 heterocycles. The van der Waals surface area contributed by atoms with E-state index in [1.807, 2.05) is 53.7 Å². The lowest BCUT2D eigenvalue weighted by atomic mass is 9.93. The van der Waals surface area contributed by atoms with Crippen LogP contribution in [-0.2, 0) is 24.0 Å². The Morgan fingerprint density at radius 2 is 1.13 bits per heavy atom. The topological polar surface area (TPSA) is 198 Å². The molecule has 1 atom stereocenters. The standard InChI is InChI=1S/C9H17N.C8H8O2.C6H12N2.C6H13NOS.C6H10O.C5H9NO.2C5H11N.C5H9N.C4H9NO.C4H5NS.C3H8N2/c1-3-7-10-8-4-2-6-9(10)5-1;1-2-4-8-7(3-1)9-5-6-10-8;1-3-8-4-2-6(1)7-5-8;1-9(8)6-4-2-3-5-7-9;1-2-6-4-3-5(1)7-6;7-5-3-1-2-4-6-5;3*1-2-4-6-5-3-1;2*1-3-6-4-2-5-1;1-2-4-5-3-1/h9H,1-8H2;1-4H,5-6H2;6-7H,1-5H2;1-6H2,(H,7,8);5-6H,1-4H2;1-4H2,(H,6,7);2*6H,1-5H2;2,4,6H,1,3,5H2;5H,1-4H2;1-5H;4-5H,1-3H2. The molecule has 10 N–H and O–H groups in total. The Morgan fingerprint density at radius 3 is 1.43 bits per heavy atom. The Morgan fingerprint density at radius 1 is 0.547 bits per heavy atom. The van der Waals surface area contributed by atoms with Crippen molar-refractivity contribution in [3.63, 3.8) is 0 Å². The third-order valence-electron chi connectivity index (χ3n) is 16.7. The molecule has 1 amide bonds. The van der Waals surface area contributed by atoms with E-state index in [9.17, 15) is 9.00 Å². The molecule has 86 heavy (non-hydrogen) atoms. The Balaban J connectivity index is 0.000000172. The number of nitrogens with one attached hydrogen (secondary N) is 10. The Hall–Kier alpha value is -2.96. The monoisotopic (exact) mass is 1240 g/mol. The number of morpholine rings is 1. The van der Waals surface area contributed by atoms with Gasteiger partial charge in [-0.1, -0.05) is 50.3 Å². The number of hydrogen-bond donors (Lipinski definition) is 10. The summed E-state index contributed by atoms with van der Waals surface area (Å²) in [6, 6.07) is 9.55. The summed E-state index contributed by atoms with van der Waals surface area (Å²) in [5, 5.41) is 25.9. The first-order valence-electron chi connectivity index (χ1n) is 34.2. The number of ether oxygens (including phenoxy) is 4. The number of amides is 1. The average Bonchev–Trinajstić information content (AvgIpc) is 4.58. The highest BCUT2D eigenvalue weighted by Crippen LogP contribution is 2.33. The van der Waals surface area contributed by atoms with Crippen LogP contribution in [-0.4, -0.2) is 187 Å². The molecule has 0 aromatic heterocycles. The lowest BCUT2D eigenvalue weighted by Gasteiger charge is -2.39. The number of piperidine rings is 6. The van der Waals surface area contributed by atoms with Gasteiger partial charge in [-0.25, -0.2) is 4.72 Å². The lowest BCUT2D eigenvalue weighted by molar-refractivity contribution is -0.122. The van der Waals surface area contributed by atoms with E-state index in [0.29, 0.717) is 25.4 Å². The summed E-state index contributed by atoms with van der Waals surface area (Å²) in [6.45, 7) is 22.0. The predicted octanol–water partition coefficient (Wildman–Crippen LogP) is 8.26. The van der Waals surface area contributed by atoms with Crippen molar-refractivity contribution in [1.82, 2.24) is 62.6 Å². The Bertz CT molecular complexity index is 1770. The van der Waals surface area contributed by atoms with E-state index in [1.54, 1.807) is 11.8 Å². The van der Waals surface area contributed by atoms with Crippen molar-refractivity contribution >= 4 is 33.2 Å². The highest BCUT2D eigenvalue weighted by atomic mass is 32.2. The number of fused-ring (bicyclic) bond motifs is 7. The second-order valence-corrected chi connectivity index (χ2v) is 27.1. The first kappa shape index (κ1) is 73.8. The van der Waals surface area contributed by atoms with Gasteiger partial charge in [0, 0.05) is 112 Å². The summed E-state index contributed by atoms with van der Waals surface area (Å²) < 4.78 is 35.2. The number of allylic oxidation sites excluding steroid dienone is 1. The minimum Gasteiger partial charge on any atom is -0.486 e. The number of carbonyl (C=O) groups excluding carboxylic acids is 1. The molecule has 16 aliphatic heterocycles. The van der Waals surface area contributed by atoms with Crippen molar-refractivity contribution in [2.24, 2.45) is 0 Å². The van der Waals surface area contributed by atoms with Crippen LogP contribution < -0.4 is 62.3 Å². The van der Waals surface area contributed by atoms with E-state index in [-0.39, 0.29) is 5.91 Å². The molecule has 0 aliphatic carbocycles. The Labute approximate surface area is 527 Å². The van der Waals surface area contributed by atoms with Crippen LogP contribution >= 0.6 is 11.8 Å². The molecule has 0 spiro atoms. The van der Waals surface area contributed by atoms with Crippen molar-refractivity contribution in [2.75, 3.05) is 137 Å². The van der Waals surface area contributed by atoms with Gasteiger partial charge in [0.25, 0.3) is 0 Å². The zero-order valence-electron chi connectivity index (χ0n) is 53.4. The van der Waals surface area contributed by atoms with Gasteiger partial charge in [0.05, 0.1) is 25.4 Å². The molecule has 1 aromatic rings. The van der Waals surface area contributed by atoms with Gasteiger partial charge < -0.3 is 61.1 Å². The second-order valence-electron chi connectivity index (χ2n) is 24.0. The zero-order valence-corrected chi connectivity index (χ0v) is 55.0. The van der Waals surface area contributed by atoms with E-state index in [4.69, 9.17) is 18.9 Å². The van der Waals surface area contributed by atoms with Gasteiger partial charge in [-0.05, 0) is 209 Å². The van der Waals surface area contributed by atoms with Gasteiger partial charge >= 0.3 is 0 Å². The largest absolute Gasteiger partial charge is 0.486 e. The first-order chi connectivity index (χ1) is 42.4. The predicted molar refractivity (Wildman–Crippen MR) is 362 cm³/mol. The van der Waals surface area contributed by atoms with Crippen LogP contribution in [0.1, 0.15) is 173 Å². The van der Waals surface area contributed by atoms with Gasteiger partial charge in [0.1, 0.15) is 13.2 Å². The summed E-state index contributed by atoms with van der Waals surface area (Å²) in [7, 11) is -1.87. The summed E-state index contributed by atoms with van der Waals surface area (Å²) in [4.78, 5) is 15.5. The van der Waals surface area contributed by atoms with Crippen molar-refractivity contribution in [3.05, 3.63) is 59.8 Å². The minimum atomic E-state index is -1.87. The van der Waals surface area contributed by atoms with Crippen LogP contribution in [0.4, 0.5) is 0 Å². The zero-order chi connectivity index (χ0) is 60.3.